The molecule has 0 aliphatic heterocycles. The van der Waals surface area contributed by atoms with Gasteiger partial charge in [0.1, 0.15) is 5.82 Å². The van der Waals surface area contributed by atoms with Crippen LogP contribution in [0, 0.1) is 11.7 Å². The molecule has 0 bridgehead atoms. The molecule has 0 radical (unpaired) electrons. The van der Waals surface area contributed by atoms with Gasteiger partial charge in [-0.05, 0) is 41.8 Å². The van der Waals surface area contributed by atoms with Crippen LogP contribution in [0.3, 0.4) is 0 Å². The third kappa shape index (κ3) is 5.71. The van der Waals surface area contributed by atoms with Gasteiger partial charge in [-0.25, -0.2) is 14.0 Å². The van der Waals surface area contributed by atoms with E-state index in [0.29, 0.717) is 29.7 Å². The largest absolute Gasteiger partial charge is 0.462 e. The highest BCUT2D eigenvalue weighted by Gasteiger charge is 2.12. The molecule has 0 heterocycles. The summed E-state index contributed by atoms with van der Waals surface area (Å²) in [5.41, 5.74) is 1.20. The number of carbonyl (C=O) groups is 2. The summed E-state index contributed by atoms with van der Waals surface area (Å²) >= 11 is 0. The summed E-state index contributed by atoms with van der Waals surface area (Å²) < 4.78 is 23.8. The molecule has 4 nitrogen and oxygen atoms in total. The number of benzene rings is 2. The number of hydrogen-bond donors (Lipinski definition) is 0. The van der Waals surface area contributed by atoms with E-state index in [1.807, 2.05) is 13.8 Å². The maximum absolute atomic E-state index is 13.5. The standard InChI is InChI=1S/C20H21FO4/c1-14(2)13-25-20(23)17-9-7-16(8-10-17)19(22)24-12-11-15-5-3-4-6-18(15)21/h3-10,14H,11-13H2,1-2H3. The van der Waals surface area contributed by atoms with Gasteiger partial charge in [-0.15, -0.1) is 0 Å². The number of esters is 2. The van der Waals surface area contributed by atoms with Crippen molar-refractivity contribution in [2.45, 2.75) is 20.3 Å². The zero-order valence-corrected chi connectivity index (χ0v) is 14.3. The minimum Gasteiger partial charge on any atom is -0.462 e. The Morgan fingerprint density at radius 3 is 2.04 bits per heavy atom. The summed E-state index contributed by atoms with van der Waals surface area (Å²) in [5.74, 6) is -0.998. The molecule has 2 aromatic carbocycles. The van der Waals surface area contributed by atoms with Crippen LogP contribution >= 0.6 is 0 Å². The van der Waals surface area contributed by atoms with Crippen molar-refractivity contribution < 1.29 is 23.5 Å². The Kier molecular flexibility index (Phi) is 6.69. The highest BCUT2D eigenvalue weighted by Crippen LogP contribution is 2.10. The highest BCUT2D eigenvalue weighted by atomic mass is 19.1. The fraction of sp³-hybridized carbons (Fsp3) is 0.300. The van der Waals surface area contributed by atoms with E-state index in [2.05, 4.69) is 0 Å². The predicted octanol–water partition coefficient (Wildman–Crippen LogP) is 4.04. The summed E-state index contributed by atoms with van der Waals surface area (Å²) in [6.45, 7) is 4.33. The Morgan fingerprint density at radius 2 is 1.48 bits per heavy atom. The third-order valence-corrected chi connectivity index (χ3v) is 3.47. The number of ether oxygens (including phenoxy) is 2. The smallest absolute Gasteiger partial charge is 0.338 e. The minimum atomic E-state index is -0.515. The number of halogens is 1. The molecule has 0 N–H and O–H groups in total. The molecule has 2 aromatic rings. The Bertz CT molecular complexity index is 723. The van der Waals surface area contributed by atoms with Crippen molar-refractivity contribution >= 4 is 11.9 Å². The average Bonchev–Trinajstić information content (AvgIpc) is 2.61. The molecular formula is C20H21FO4. The van der Waals surface area contributed by atoms with Crippen LogP contribution < -0.4 is 0 Å². The fourth-order valence-electron chi connectivity index (χ4n) is 2.11. The number of hydrogen-bond acceptors (Lipinski definition) is 4. The van der Waals surface area contributed by atoms with E-state index in [4.69, 9.17) is 9.47 Å². The first-order valence-electron chi connectivity index (χ1n) is 8.15. The van der Waals surface area contributed by atoms with Crippen molar-refractivity contribution in [3.63, 3.8) is 0 Å². The second-order valence-electron chi connectivity index (χ2n) is 6.05. The monoisotopic (exact) mass is 344 g/mol. The first kappa shape index (κ1) is 18.6. The van der Waals surface area contributed by atoms with Crippen LogP contribution in [0.25, 0.3) is 0 Å². The highest BCUT2D eigenvalue weighted by molar-refractivity contribution is 5.93. The minimum absolute atomic E-state index is 0.0813. The second kappa shape index (κ2) is 8.97. The van der Waals surface area contributed by atoms with Crippen molar-refractivity contribution in [1.82, 2.24) is 0 Å². The van der Waals surface area contributed by atoms with Crippen LogP contribution in [0.2, 0.25) is 0 Å². The van der Waals surface area contributed by atoms with Gasteiger partial charge >= 0.3 is 11.9 Å². The predicted molar refractivity (Wildman–Crippen MR) is 91.9 cm³/mol. The number of carbonyl (C=O) groups excluding carboxylic acids is 2. The van der Waals surface area contributed by atoms with E-state index in [1.54, 1.807) is 18.2 Å². The fourth-order valence-corrected chi connectivity index (χ4v) is 2.11. The second-order valence-corrected chi connectivity index (χ2v) is 6.05. The van der Waals surface area contributed by atoms with Gasteiger partial charge in [-0.3, -0.25) is 0 Å². The van der Waals surface area contributed by atoms with Crippen molar-refractivity contribution in [2.75, 3.05) is 13.2 Å². The van der Waals surface area contributed by atoms with E-state index in [9.17, 15) is 14.0 Å². The molecule has 0 atom stereocenters. The van der Waals surface area contributed by atoms with Gasteiger partial charge in [0.25, 0.3) is 0 Å². The lowest BCUT2D eigenvalue weighted by atomic mass is 10.1. The van der Waals surface area contributed by atoms with E-state index >= 15 is 0 Å². The first-order chi connectivity index (χ1) is 12.0. The van der Waals surface area contributed by atoms with Gasteiger partial charge < -0.3 is 9.47 Å². The molecule has 2 rings (SSSR count). The average molecular weight is 344 g/mol. The first-order valence-corrected chi connectivity index (χ1v) is 8.15. The molecule has 0 unspecified atom stereocenters. The Labute approximate surface area is 146 Å². The van der Waals surface area contributed by atoms with Crippen LogP contribution in [0.15, 0.2) is 48.5 Å². The molecule has 132 valence electrons. The van der Waals surface area contributed by atoms with Crippen LogP contribution in [0.4, 0.5) is 4.39 Å². The van der Waals surface area contributed by atoms with Crippen molar-refractivity contribution in [1.29, 1.82) is 0 Å². The Hall–Kier alpha value is -2.69. The number of rotatable bonds is 7. The van der Waals surface area contributed by atoms with Gasteiger partial charge in [0.15, 0.2) is 0 Å². The normalized spacial score (nSPS) is 10.6. The molecule has 25 heavy (non-hydrogen) atoms. The van der Waals surface area contributed by atoms with Gasteiger partial charge in [0.05, 0.1) is 24.3 Å². The molecule has 0 aromatic heterocycles. The van der Waals surface area contributed by atoms with Gasteiger partial charge in [0, 0.05) is 6.42 Å². The van der Waals surface area contributed by atoms with E-state index in [0.717, 1.165) is 0 Å². The van der Waals surface area contributed by atoms with Crippen LogP contribution in [0.1, 0.15) is 40.1 Å². The molecule has 0 aliphatic rings. The summed E-state index contributed by atoms with van der Waals surface area (Å²) in [7, 11) is 0. The quantitative estimate of drug-likeness (QED) is 0.712. The molecule has 0 amide bonds. The molecule has 0 spiro atoms. The lowest BCUT2D eigenvalue weighted by Gasteiger charge is -2.08. The van der Waals surface area contributed by atoms with E-state index in [1.165, 1.54) is 30.3 Å². The van der Waals surface area contributed by atoms with Crippen LogP contribution in [0.5, 0.6) is 0 Å². The molecule has 0 fully saturated rings. The zero-order valence-electron chi connectivity index (χ0n) is 14.3. The van der Waals surface area contributed by atoms with Gasteiger partial charge in [0.2, 0.25) is 0 Å². The van der Waals surface area contributed by atoms with Crippen LogP contribution in [-0.4, -0.2) is 25.2 Å². The van der Waals surface area contributed by atoms with Gasteiger partial charge in [-0.1, -0.05) is 32.0 Å². The summed E-state index contributed by atoms with van der Waals surface area (Å²) in [4.78, 5) is 23.8. The maximum atomic E-state index is 13.5. The maximum Gasteiger partial charge on any atom is 0.338 e. The van der Waals surface area contributed by atoms with Crippen LogP contribution in [-0.2, 0) is 15.9 Å². The molecular weight excluding hydrogens is 323 g/mol. The molecule has 0 saturated heterocycles. The summed E-state index contributed by atoms with van der Waals surface area (Å²) in [5, 5.41) is 0. The van der Waals surface area contributed by atoms with E-state index in [-0.39, 0.29) is 18.3 Å². The van der Waals surface area contributed by atoms with E-state index < -0.39 is 11.9 Å². The van der Waals surface area contributed by atoms with Gasteiger partial charge in [-0.2, -0.15) is 0 Å². The lowest BCUT2D eigenvalue weighted by Crippen LogP contribution is -2.11. The van der Waals surface area contributed by atoms with Crippen molar-refractivity contribution in [2.24, 2.45) is 5.92 Å². The third-order valence-electron chi connectivity index (χ3n) is 3.47. The molecule has 0 saturated carbocycles. The Morgan fingerprint density at radius 1 is 0.920 bits per heavy atom. The summed E-state index contributed by atoms with van der Waals surface area (Å²) in [6.07, 6.45) is 0.304. The molecule has 5 heteroatoms. The zero-order chi connectivity index (χ0) is 18.2. The topological polar surface area (TPSA) is 52.6 Å². The lowest BCUT2D eigenvalue weighted by molar-refractivity contribution is 0.0455. The summed E-state index contributed by atoms with van der Waals surface area (Å²) in [6, 6.07) is 12.4. The SMILES string of the molecule is CC(C)COC(=O)c1ccc(C(=O)OCCc2ccccc2F)cc1. The molecule has 0 aliphatic carbocycles. The Balaban J connectivity index is 1.85. The van der Waals surface area contributed by atoms with Crippen molar-refractivity contribution in [3.8, 4) is 0 Å². The van der Waals surface area contributed by atoms with Crippen molar-refractivity contribution in [3.05, 3.63) is 71.0 Å².